The van der Waals surface area contributed by atoms with E-state index in [1.807, 2.05) is 0 Å². The Morgan fingerprint density at radius 3 is 2.70 bits per heavy atom. The summed E-state index contributed by atoms with van der Waals surface area (Å²) in [5.41, 5.74) is 0.0245. The number of aliphatic imine (C=N–C) groups is 1. The number of fused-ring (bicyclic) bond motifs is 1. The summed E-state index contributed by atoms with van der Waals surface area (Å²) in [7, 11) is 1.51. The lowest BCUT2D eigenvalue weighted by molar-refractivity contribution is 0.277. The maximum absolute atomic E-state index is 13.3. The normalized spacial score (nSPS) is 17.4. The van der Waals surface area contributed by atoms with Crippen LogP contribution in [-0.4, -0.2) is 41.1 Å². The van der Waals surface area contributed by atoms with Gasteiger partial charge in [0.25, 0.3) is 5.56 Å². The topological polar surface area (TPSA) is 127 Å². The predicted molar refractivity (Wildman–Crippen MR) is 123 cm³/mol. The molecule has 0 bridgehead atoms. The smallest absolute Gasteiger partial charge is 0.332 e. The van der Waals surface area contributed by atoms with E-state index >= 15 is 0 Å². The lowest BCUT2D eigenvalue weighted by Crippen LogP contribution is -2.40. The van der Waals surface area contributed by atoms with Gasteiger partial charge in [-0.3, -0.25) is 23.5 Å². The van der Waals surface area contributed by atoms with Gasteiger partial charge in [0, 0.05) is 20.2 Å². The minimum atomic E-state index is -0.895. The van der Waals surface area contributed by atoms with Crippen LogP contribution in [0.5, 0.6) is 11.8 Å². The molecule has 170 valence electrons. The average Bonchev–Trinajstić information content (AvgIpc) is 3.32. The van der Waals surface area contributed by atoms with Gasteiger partial charge >= 0.3 is 11.7 Å². The van der Waals surface area contributed by atoms with Gasteiger partial charge in [-0.05, 0) is 37.6 Å². The molecule has 1 N–H and O–H groups in total. The number of rotatable bonds is 7. The van der Waals surface area contributed by atoms with Crippen molar-refractivity contribution in [2.45, 2.75) is 31.4 Å². The molecular formula is C22H21ClN6O4. The van der Waals surface area contributed by atoms with Gasteiger partial charge in [-0.25, -0.2) is 4.79 Å². The molecular weight excluding hydrogens is 448 g/mol. The molecule has 1 aliphatic heterocycles. The minimum Gasteiger partial charge on any atom is -0.424 e. The molecule has 1 unspecified atom stereocenters. The Morgan fingerprint density at radius 2 is 2.03 bits per heavy atom. The van der Waals surface area contributed by atoms with E-state index in [0.717, 1.165) is 4.57 Å². The van der Waals surface area contributed by atoms with E-state index in [9.17, 15) is 20.0 Å². The highest BCUT2D eigenvalue weighted by molar-refractivity contribution is 6.27. The Kier molecular flexibility index (Phi) is 5.93. The number of ether oxygens (including phenoxy) is 1. The molecule has 0 radical (unpaired) electrons. The zero-order valence-electron chi connectivity index (χ0n) is 18.0. The van der Waals surface area contributed by atoms with E-state index in [1.54, 1.807) is 43.3 Å². The summed E-state index contributed by atoms with van der Waals surface area (Å²) in [5.74, 6) is 0.258. The van der Waals surface area contributed by atoms with Crippen molar-refractivity contribution in [1.29, 1.82) is 5.26 Å². The maximum atomic E-state index is 13.3. The van der Waals surface area contributed by atoms with Gasteiger partial charge in [0.2, 0.25) is 0 Å². The van der Waals surface area contributed by atoms with Crippen LogP contribution in [0.1, 0.15) is 18.9 Å². The van der Waals surface area contributed by atoms with Crippen LogP contribution in [-0.2, 0) is 20.1 Å². The lowest BCUT2D eigenvalue weighted by atomic mass is 10.2. The van der Waals surface area contributed by atoms with Crippen LogP contribution in [0, 0.1) is 11.3 Å². The van der Waals surface area contributed by atoms with Crippen LogP contribution in [0.15, 0.2) is 51.0 Å². The van der Waals surface area contributed by atoms with Crippen LogP contribution in [0.3, 0.4) is 0 Å². The van der Waals surface area contributed by atoms with Crippen molar-refractivity contribution >= 4 is 28.5 Å². The second-order valence-corrected chi connectivity index (χ2v) is 8.46. The number of aliphatic hydroxyl groups excluding tert-OH is 1. The summed E-state index contributed by atoms with van der Waals surface area (Å²) in [4.78, 5) is 34.1. The number of aryl methyl sites for hydroxylation is 1. The molecule has 0 amide bonds. The van der Waals surface area contributed by atoms with Crippen LogP contribution < -0.4 is 16.0 Å². The molecule has 0 spiro atoms. The number of nitrogens with zero attached hydrogens (tertiary/aromatic N) is 6. The zero-order valence-corrected chi connectivity index (χ0v) is 18.8. The first-order chi connectivity index (χ1) is 15.8. The third kappa shape index (κ3) is 4.20. The molecule has 11 heteroatoms. The van der Waals surface area contributed by atoms with Crippen molar-refractivity contribution in [2.24, 2.45) is 12.0 Å². The van der Waals surface area contributed by atoms with Crippen molar-refractivity contribution in [1.82, 2.24) is 18.7 Å². The lowest BCUT2D eigenvalue weighted by Gasteiger charge is -2.12. The summed E-state index contributed by atoms with van der Waals surface area (Å²) in [6, 6.07) is 8.72. The van der Waals surface area contributed by atoms with E-state index in [2.05, 4.69) is 16.0 Å². The quantitative estimate of drug-likeness (QED) is 0.416. The fourth-order valence-corrected chi connectivity index (χ4v) is 3.77. The summed E-state index contributed by atoms with van der Waals surface area (Å²) >= 11 is 6.29. The fourth-order valence-electron chi connectivity index (χ4n) is 3.60. The van der Waals surface area contributed by atoms with E-state index in [0.29, 0.717) is 5.71 Å². The van der Waals surface area contributed by atoms with Crippen molar-refractivity contribution in [3.05, 3.63) is 62.8 Å². The van der Waals surface area contributed by atoms with E-state index in [4.69, 9.17) is 16.3 Å². The van der Waals surface area contributed by atoms with E-state index in [-0.39, 0.29) is 54.6 Å². The van der Waals surface area contributed by atoms with Crippen LogP contribution in [0.25, 0.3) is 11.2 Å². The third-order valence-electron chi connectivity index (χ3n) is 5.21. The Bertz CT molecular complexity index is 1450. The van der Waals surface area contributed by atoms with E-state index in [1.165, 1.54) is 16.2 Å². The number of allylic oxidation sites excluding steroid dienone is 1. The van der Waals surface area contributed by atoms with Gasteiger partial charge in [0.05, 0.1) is 17.8 Å². The molecule has 3 aromatic rings. The minimum absolute atomic E-state index is 0.0268. The van der Waals surface area contributed by atoms with Crippen molar-refractivity contribution in [3.8, 4) is 17.8 Å². The van der Waals surface area contributed by atoms with Gasteiger partial charge in [-0.1, -0.05) is 23.7 Å². The molecule has 1 aliphatic rings. The number of aliphatic hydroxyl groups is 1. The number of alkyl halides is 1. The van der Waals surface area contributed by atoms with Crippen molar-refractivity contribution in [2.75, 3.05) is 6.61 Å². The highest BCUT2D eigenvalue weighted by Crippen LogP contribution is 2.28. The molecule has 0 saturated heterocycles. The summed E-state index contributed by atoms with van der Waals surface area (Å²) in [5, 5.41) is 18.6. The molecule has 1 atom stereocenters. The number of aromatic nitrogens is 4. The highest BCUT2D eigenvalue weighted by Gasteiger charge is 2.26. The number of hydrogen-bond acceptors (Lipinski definition) is 7. The maximum Gasteiger partial charge on any atom is 0.332 e. The predicted octanol–water partition coefficient (Wildman–Crippen LogP) is 1.91. The number of halogens is 1. The van der Waals surface area contributed by atoms with Crippen LogP contribution in [0.4, 0.5) is 0 Å². The molecule has 0 aliphatic carbocycles. The zero-order chi connectivity index (χ0) is 23.8. The SMILES string of the molecule is Cn1c(=O)n(CCCO)c(=O)c2c1nc(Oc1ccccc1C#N)n2CC1=NC(C)(Cl)C=C1. The van der Waals surface area contributed by atoms with Crippen LogP contribution in [0.2, 0.25) is 0 Å². The molecule has 3 heterocycles. The summed E-state index contributed by atoms with van der Waals surface area (Å²) in [6.45, 7) is 1.72. The van der Waals surface area contributed by atoms with Crippen molar-refractivity contribution < 1.29 is 9.84 Å². The first-order valence-electron chi connectivity index (χ1n) is 10.2. The largest absolute Gasteiger partial charge is 0.424 e. The summed E-state index contributed by atoms with van der Waals surface area (Å²) < 4.78 is 9.79. The van der Waals surface area contributed by atoms with Crippen molar-refractivity contribution in [3.63, 3.8) is 0 Å². The monoisotopic (exact) mass is 468 g/mol. The van der Waals surface area contributed by atoms with Gasteiger partial charge in [0.1, 0.15) is 16.8 Å². The van der Waals surface area contributed by atoms with Gasteiger partial charge in [-0.15, -0.1) is 0 Å². The number of para-hydroxylation sites is 1. The van der Waals surface area contributed by atoms with Gasteiger partial charge in [-0.2, -0.15) is 10.2 Å². The highest BCUT2D eigenvalue weighted by atomic mass is 35.5. The first kappa shape index (κ1) is 22.5. The van der Waals surface area contributed by atoms with E-state index < -0.39 is 16.2 Å². The fraction of sp³-hybridized carbons (Fsp3) is 0.318. The molecule has 2 aromatic heterocycles. The number of nitriles is 1. The van der Waals surface area contributed by atoms with Gasteiger partial charge < -0.3 is 9.84 Å². The summed E-state index contributed by atoms with van der Waals surface area (Å²) in [6.07, 6.45) is 3.72. The van der Waals surface area contributed by atoms with Crippen LogP contribution >= 0.6 is 11.6 Å². The second-order valence-electron chi connectivity index (χ2n) is 7.70. The third-order valence-corrected chi connectivity index (χ3v) is 5.42. The van der Waals surface area contributed by atoms with Gasteiger partial charge in [0.15, 0.2) is 11.2 Å². The first-order valence-corrected chi connectivity index (χ1v) is 10.6. The standard InChI is InChI=1S/C22H21ClN6O4/c1-22(23)9-8-15(26-22)13-29-17-18(27(2)21(32)28(19(17)31)10-5-11-30)25-20(29)33-16-7-4-3-6-14(16)12-24/h3-4,6-9,30H,5,10-11,13H2,1-2H3. The second kappa shape index (κ2) is 8.69. The molecule has 0 saturated carbocycles. The Labute approximate surface area is 193 Å². The molecule has 0 fully saturated rings. The number of imidazole rings is 1. The Balaban J connectivity index is 1.95. The number of hydrogen-bond donors (Lipinski definition) is 1. The Morgan fingerprint density at radius 1 is 1.27 bits per heavy atom. The molecule has 33 heavy (non-hydrogen) atoms. The molecule has 1 aromatic carbocycles. The Hall–Kier alpha value is -3.68. The number of benzene rings is 1. The average molecular weight is 469 g/mol. The molecule has 4 rings (SSSR count). The molecule has 10 nitrogen and oxygen atoms in total.